The summed E-state index contributed by atoms with van der Waals surface area (Å²) in [7, 11) is 0. The number of amidine groups is 2. The molecule has 3 aromatic rings. The number of thioether (sulfide) groups is 1. The van der Waals surface area contributed by atoms with Gasteiger partial charge in [0.05, 0.1) is 16.7 Å². The van der Waals surface area contributed by atoms with Gasteiger partial charge >= 0.3 is 0 Å². The molecule has 192 valence electrons. The predicted octanol–water partition coefficient (Wildman–Crippen LogP) is 6.54. The second-order valence-electron chi connectivity index (χ2n) is 8.43. The minimum atomic E-state index is -0.525. The first-order valence-electron chi connectivity index (χ1n) is 11.7. The van der Waals surface area contributed by atoms with Crippen LogP contribution in [0.3, 0.4) is 0 Å². The Morgan fingerprint density at radius 3 is 2.63 bits per heavy atom. The molecule has 5 rings (SSSR count). The summed E-state index contributed by atoms with van der Waals surface area (Å²) in [5, 5.41) is 15.6. The Hall–Kier alpha value is -3.76. The van der Waals surface area contributed by atoms with E-state index in [9.17, 15) is 9.18 Å². The number of fused-ring (bicyclic) bond motifs is 1. The Balaban J connectivity index is 1.43. The summed E-state index contributed by atoms with van der Waals surface area (Å²) in [5.41, 5.74) is 3.12. The maximum absolute atomic E-state index is 14.1. The average molecular weight is 593 g/mol. The maximum Gasteiger partial charge on any atom is 0.283 e. The first kappa shape index (κ1) is 25.9. The highest BCUT2D eigenvalue weighted by Crippen LogP contribution is 2.39. The van der Waals surface area contributed by atoms with Crippen LogP contribution in [0, 0.1) is 18.2 Å². The molecule has 0 aliphatic carbocycles. The van der Waals surface area contributed by atoms with Gasteiger partial charge in [-0.1, -0.05) is 48.0 Å². The van der Waals surface area contributed by atoms with E-state index in [0.29, 0.717) is 43.9 Å². The fraction of sp³-hybridized carbons (Fsp3) is 0.143. The van der Waals surface area contributed by atoms with Crippen molar-refractivity contribution in [3.05, 3.63) is 98.8 Å². The summed E-state index contributed by atoms with van der Waals surface area (Å²) in [5.74, 6) is -0.122. The minimum absolute atomic E-state index is 0.0142. The number of halogens is 2. The number of aryl methyl sites for hydroxylation is 1. The third-order valence-electron chi connectivity index (χ3n) is 5.73. The molecule has 1 amide bonds. The molecule has 2 aliphatic heterocycles. The topological polar surface area (TPSA) is 87.3 Å². The average Bonchev–Trinajstić information content (AvgIpc) is 3.32. The summed E-state index contributed by atoms with van der Waals surface area (Å²) in [6.45, 7) is 4.22. The molecule has 0 saturated heterocycles. The van der Waals surface area contributed by atoms with Crippen molar-refractivity contribution in [1.82, 2.24) is 5.01 Å². The number of rotatable bonds is 7. The molecule has 0 bridgehead atoms. The van der Waals surface area contributed by atoms with Crippen LogP contribution in [-0.2, 0) is 11.4 Å². The van der Waals surface area contributed by atoms with E-state index in [0.717, 1.165) is 11.1 Å². The van der Waals surface area contributed by atoms with Gasteiger partial charge in [-0.15, -0.1) is 0 Å². The van der Waals surface area contributed by atoms with E-state index in [2.05, 4.69) is 26.0 Å². The minimum Gasteiger partial charge on any atom is -0.490 e. The fourth-order valence-electron chi connectivity index (χ4n) is 3.81. The van der Waals surface area contributed by atoms with Crippen LogP contribution in [0.5, 0.6) is 11.5 Å². The lowest BCUT2D eigenvalue weighted by atomic mass is 10.1. The molecule has 2 aliphatic rings. The van der Waals surface area contributed by atoms with Gasteiger partial charge in [0, 0.05) is 11.1 Å². The summed E-state index contributed by atoms with van der Waals surface area (Å²) in [6, 6.07) is 17.7. The number of carbonyl (C=O) groups excluding carboxylic acids is 1. The van der Waals surface area contributed by atoms with Crippen LogP contribution < -0.4 is 9.47 Å². The van der Waals surface area contributed by atoms with Crippen molar-refractivity contribution in [1.29, 1.82) is 5.41 Å². The molecular formula is C28H22BrFN4O3S. The quantitative estimate of drug-likeness (QED) is 0.315. The second kappa shape index (κ2) is 10.9. The third-order valence-corrected chi connectivity index (χ3v) is 7.27. The van der Waals surface area contributed by atoms with Gasteiger partial charge < -0.3 is 9.47 Å². The Morgan fingerprint density at radius 2 is 1.89 bits per heavy atom. The van der Waals surface area contributed by atoms with Crippen LogP contribution in [0.2, 0.25) is 0 Å². The summed E-state index contributed by atoms with van der Waals surface area (Å²) in [6.07, 6.45) is 1.57. The van der Waals surface area contributed by atoms with Crippen molar-refractivity contribution in [2.45, 2.75) is 20.5 Å². The van der Waals surface area contributed by atoms with Gasteiger partial charge in [0.1, 0.15) is 17.5 Å². The largest absolute Gasteiger partial charge is 0.490 e. The molecule has 38 heavy (non-hydrogen) atoms. The SMILES string of the molecule is CCOc1cc(C=C2C(=N)N3N=C(c4ccc(C)cc4)SC3=NC2=O)cc(Br)c1OCc1ccccc1F. The van der Waals surface area contributed by atoms with Crippen LogP contribution >= 0.6 is 27.7 Å². The third kappa shape index (κ3) is 5.27. The zero-order valence-corrected chi connectivity index (χ0v) is 22.9. The highest BCUT2D eigenvalue weighted by molar-refractivity contribution is 9.10. The van der Waals surface area contributed by atoms with Gasteiger partial charge in [0.2, 0.25) is 5.17 Å². The molecule has 0 radical (unpaired) electrons. The number of benzene rings is 3. The van der Waals surface area contributed by atoms with Gasteiger partial charge in [-0.25, -0.2) is 4.39 Å². The monoisotopic (exact) mass is 592 g/mol. The molecule has 1 N–H and O–H groups in total. The summed E-state index contributed by atoms with van der Waals surface area (Å²) < 4.78 is 26.3. The van der Waals surface area contributed by atoms with Gasteiger partial charge in [-0.05, 0) is 71.4 Å². The van der Waals surface area contributed by atoms with E-state index in [1.165, 1.54) is 22.8 Å². The Labute approximate surface area is 231 Å². The van der Waals surface area contributed by atoms with Crippen molar-refractivity contribution in [3.8, 4) is 11.5 Å². The summed E-state index contributed by atoms with van der Waals surface area (Å²) >= 11 is 4.76. The zero-order chi connectivity index (χ0) is 26.8. The lowest BCUT2D eigenvalue weighted by Gasteiger charge is -2.20. The van der Waals surface area contributed by atoms with E-state index in [1.807, 2.05) is 38.1 Å². The number of nitrogens with zero attached hydrogens (tertiary/aromatic N) is 3. The van der Waals surface area contributed by atoms with E-state index >= 15 is 0 Å². The highest BCUT2D eigenvalue weighted by atomic mass is 79.9. The Morgan fingerprint density at radius 1 is 1.13 bits per heavy atom. The number of hydrogen-bond donors (Lipinski definition) is 1. The van der Waals surface area contributed by atoms with Gasteiger partial charge in [0.15, 0.2) is 17.3 Å². The van der Waals surface area contributed by atoms with Crippen LogP contribution in [0.1, 0.15) is 29.2 Å². The second-order valence-corrected chi connectivity index (χ2v) is 10.2. The molecule has 0 saturated carbocycles. The van der Waals surface area contributed by atoms with Crippen LogP contribution in [0.15, 0.2) is 80.8 Å². The molecule has 0 fully saturated rings. The standard InChI is InChI=1S/C28H22BrFN4O3S/c1-3-36-23-14-17(13-21(29)24(23)37-15-19-6-4-5-7-22(19)30)12-20-25(31)34-28(32-26(20)35)38-27(33-34)18-10-8-16(2)9-11-18/h4-14,31H,3,15H2,1-2H3. The van der Waals surface area contributed by atoms with Crippen molar-refractivity contribution in [2.24, 2.45) is 10.1 Å². The summed E-state index contributed by atoms with van der Waals surface area (Å²) in [4.78, 5) is 17.1. The van der Waals surface area contributed by atoms with E-state index in [4.69, 9.17) is 14.9 Å². The van der Waals surface area contributed by atoms with Crippen molar-refractivity contribution < 1.29 is 18.7 Å². The maximum atomic E-state index is 14.1. The highest BCUT2D eigenvalue weighted by Gasteiger charge is 2.36. The first-order chi connectivity index (χ1) is 18.3. The molecule has 0 unspecified atom stereocenters. The van der Waals surface area contributed by atoms with E-state index in [-0.39, 0.29) is 23.8 Å². The number of hydrogen-bond acceptors (Lipinski definition) is 6. The number of nitrogens with one attached hydrogen (secondary N) is 1. The number of ether oxygens (including phenoxy) is 2. The zero-order valence-electron chi connectivity index (χ0n) is 20.5. The molecule has 10 heteroatoms. The number of carbonyl (C=O) groups is 1. The number of amides is 1. The molecule has 7 nitrogen and oxygen atoms in total. The van der Waals surface area contributed by atoms with E-state index in [1.54, 1.807) is 36.4 Å². The van der Waals surface area contributed by atoms with Crippen molar-refractivity contribution >= 4 is 55.7 Å². The lowest BCUT2D eigenvalue weighted by molar-refractivity contribution is -0.114. The van der Waals surface area contributed by atoms with Gasteiger partial charge in [-0.2, -0.15) is 15.1 Å². The van der Waals surface area contributed by atoms with Gasteiger partial charge in [-0.3, -0.25) is 10.2 Å². The van der Waals surface area contributed by atoms with Crippen molar-refractivity contribution in [2.75, 3.05) is 6.61 Å². The molecule has 0 atom stereocenters. The molecular weight excluding hydrogens is 571 g/mol. The van der Waals surface area contributed by atoms with Crippen LogP contribution in [-0.4, -0.2) is 33.6 Å². The first-order valence-corrected chi connectivity index (χ1v) is 13.3. The van der Waals surface area contributed by atoms with Crippen LogP contribution in [0.4, 0.5) is 4.39 Å². The fourth-order valence-corrected chi connectivity index (χ4v) is 5.28. The number of hydrazone groups is 1. The lowest BCUT2D eigenvalue weighted by Crippen LogP contribution is -2.35. The normalized spacial score (nSPS) is 15.9. The number of aliphatic imine (C=N–C) groups is 1. The Kier molecular flexibility index (Phi) is 7.44. The smallest absolute Gasteiger partial charge is 0.283 e. The van der Waals surface area contributed by atoms with Crippen molar-refractivity contribution in [3.63, 3.8) is 0 Å². The molecule has 3 aromatic carbocycles. The molecule has 0 spiro atoms. The Bertz CT molecular complexity index is 1540. The molecule has 0 aromatic heterocycles. The van der Waals surface area contributed by atoms with Gasteiger partial charge in [0.25, 0.3) is 5.91 Å². The van der Waals surface area contributed by atoms with E-state index < -0.39 is 5.91 Å². The predicted molar refractivity (Wildman–Crippen MR) is 151 cm³/mol. The van der Waals surface area contributed by atoms with Crippen LogP contribution in [0.25, 0.3) is 6.08 Å². The molecule has 2 heterocycles.